The Hall–Kier alpha value is -0.690. The summed E-state index contributed by atoms with van der Waals surface area (Å²) in [6, 6.07) is 0. The van der Waals surface area contributed by atoms with Crippen LogP contribution in [0.4, 0.5) is 0 Å². The van der Waals surface area contributed by atoms with Crippen LogP contribution in [0.5, 0.6) is 0 Å². The number of hydrogen-bond acceptors (Lipinski definition) is 5. The van der Waals surface area contributed by atoms with Crippen molar-refractivity contribution in [3.05, 3.63) is 0 Å². The van der Waals surface area contributed by atoms with Crippen molar-refractivity contribution in [2.24, 2.45) is 0 Å². The Kier molecular flexibility index (Phi) is 5.56. The monoisotopic (exact) mass is 194 g/mol. The maximum Gasteiger partial charge on any atom is 0.332 e. The number of ether oxygens (including phenoxy) is 1. The highest BCUT2D eigenvalue weighted by molar-refractivity contribution is 5.71. The van der Waals surface area contributed by atoms with E-state index in [0.717, 1.165) is 0 Å². The van der Waals surface area contributed by atoms with Gasteiger partial charge in [0.15, 0.2) is 6.10 Å². The number of carbonyl (C=O) groups is 1. The van der Waals surface area contributed by atoms with Gasteiger partial charge in [0.2, 0.25) is 0 Å². The number of aliphatic carboxylic acids is 1. The Balaban J connectivity index is 3.84. The van der Waals surface area contributed by atoms with E-state index in [1.807, 2.05) is 0 Å². The molecule has 0 heterocycles. The average Bonchev–Trinajstić information content (AvgIpc) is 2.04. The van der Waals surface area contributed by atoms with Crippen molar-refractivity contribution in [1.82, 2.24) is 0 Å². The zero-order chi connectivity index (χ0) is 10.4. The maximum absolute atomic E-state index is 10.1. The minimum atomic E-state index is -1.67. The van der Waals surface area contributed by atoms with Gasteiger partial charge in [0.05, 0.1) is 12.7 Å². The summed E-state index contributed by atoms with van der Waals surface area (Å²) in [5.74, 6) is -1.43. The summed E-state index contributed by atoms with van der Waals surface area (Å²) in [4.78, 5) is 10.1. The first-order valence-electron chi connectivity index (χ1n) is 3.75. The van der Waals surface area contributed by atoms with Gasteiger partial charge in [0.25, 0.3) is 0 Å². The molecule has 4 N–H and O–H groups in total. The largest absolute Gasteiger partial charge is 0.479 e. The summed E-state index contributed by atoms with van der Waals surface area (Å²) in [5, 5.41) is 35.3. The van der Waals surface area contributed by atoms with Gasteiger partial charge in [0, 0.05) is 13.5 Å². The highest BCUT2D eigenvalue weighted by Gasteiger charge is 2.23. The molecule has 6 nitrogen and oxygen atoms in total. The topological polar surface area (TPSA) is 107 Å². The van der Waals surface area contributed by atoms with Gasteiger partial charge in [-0.3, -0.25) is 0 Å². The Bertz CT molecular complexity index is 159. The molecule has 0 saturated heterocycles. The molecule has 0 fully saturated rings. The van der Waals surface area contributed by atoms with Gasteiger partial charge < -0.3 is 25.2 Å². The SMILES string of the molecule is COC[C@@H](O)[C@@H](O)C[C@H](O)C(=O)O. The molecule has 0 unspecified atom stereocenters. The molecule has 78 valence electrons. The third kappa shape index (κ3) is 4.79. The molecule has 0 spiro atoms. The van der Waals surface area contributed by atoms with Crippen molar-refractivity contribution in [1.29, 1.82) is 0 Å². The average molecular weight is 194 g/mol. The van der Waals surface area contributed by atoms with E-state index in [4.69, 9.17) is 20.4 Å². The first kappa shape index (κ1) is 12.3. The van der Waals surface area contributed by atoms with Crippen molar-refractivity contribution < 1.29 is 30.0 Å². The Morgan fingerprint density at radius 2 is 1.85 bits per heavy atom. The lowest BCUT2D eigenvalue weighted by atomic mass is 10.1. The van der Waals surface area contributed by atoms with Gasteiger partial charge in [0.1, 0.15) is 6.10 Å². The van der Waals surface area contributed by atoms with Gasteiger partial charge in [-0.25, -0.2) is 4.79 Å². The molecule has 6 heteroatoms. The van der Waals surface area contributed by atoms with Crippen LogP contribution in [0.3, 0.4) is 0 Å². The number of carboxylic acid groups (broad SMARTS) is 1. The molecule has 0 aromatic heterocycles. The van der Waals surface area contributed by atoms with Gasteiger partial charge in [-0.2, -0.15) is 0 Å². The van der Waals surface area contributed by atoms with Crippen LogP contribution in [0.15, 0.2) is 0 Å². The molecule has 0 bridgehead atoms. The van der Waals surface area contributed by atoms with E-state index < -0.39 is 30.7 Å². The zero-order valence-corrected chi connectivity index (χ0v) is 7.25. The summed E-state index contributed by atoms with van der Waals surface area (Å²) >= 11 is 0. The smallest absolute Gasteiger partial charge is 0.332 e. The molecule has 13 heavy (non-hydrogen) atoms. The molecule has 0 saturated carbocycles. The predicted molar refractivity (Wildman–Crippen MR) is 42.1 cm³/mol. The van der Waals surface area contributed by atoms with Crippen molar-refractivity contribution in [2.45, 2.75) is 24.7 Å². The number of aliphatic hydroxyl groups excluding tert-OH is 3. The van der Waals surface area contributed by atoms with Crippen LogP contribution in [0.25, 0.3) is 0 Å². The third-order valence-electron chi connectivity index (χ3n) is 1.53. The predicted octanol–water partition coefficient (Wildman–Crippen LogP) is -1.81. The number of rotatable bonds is 6. The lowest BCUT2D eigenvalue weighted by Gasteiger charge is -2.17. The molecule has 0 aromatic carbocycles. The van der Waals surface area contributed by atoms with Crippen molar-refractivity contribution in [3.63, 3.8) is 0 Å². The minimum absolute atomic E-state index is 0.104. The summed E-state index contributed by atoms with van der Waals surface area (Å²) < 4.78 is 4.53. The molecular formula is C7H14O6. The lowest BCUT2D eigenvalue weighted by Crippen LogP contribution is -2.35. The van der Waals surface area contributed by atoms with E-state index in [9.17, 15) is 4.79 Å². The number of aliphatic hydroxyl groups is 3. The quantitative estimate of drug-likeness (QED) is 0.397. The molecule has 0 aliphatic heterocycles. The third-order valence-corrected chi connectivity index (χ3v) is 1.53. The van der Waals surface area contributed by atoms with E-state index in [0.29, 0.717) is 0 Å². The van der Waals surface area contributed by atoms with Gasteiger partial charge in [-0.05, 0) is 0 Å². The molecule has 3 atom stereocenters. The second-order valence-electron chi connectivity index (χ2n) is 2.68. The molecule has 0 aliphatic carbocycles. The van der Waals surface area contributed by atoms with E-state index in [2.05, 4.69) is 4.74 Å². The van der Waals surface area contributed by atoms with E-state index in [1.165, 1.54) is 7.11 Å². The van der Waals surface area contributed by atoms with Crippen LogP contribution in [0, 0.1) is 0 Å². The second-order valence-corrected chi connectivity index (χ2v) is 2.68. The Morgan fingerprint density at radius 3 is 2.23 bits per heavy atom. The van der Waals surface area contributed by atoms with Crippen LogP contribution in [-0.2, 0) is 9.53 Å². The lowest BCUT2D eigenvalue weighted by molar-refractivity contribution is -0.149. The summed E-state index contributed by atoms with van der Waals surface area (Å²) in [5.41, 5.74) is 0. The number of carboxylic acids is 1. The molecule has 0 rings (SSSR count). The van der Waals surface area contributed by atoms with Crippen LogP contribution < -0.4 is 0 Å². The van der Waals surface area contributed by atoms with Crippen molar-refractivity contribution >= 4 is 5.97 Å². The Morgan fingerprint density at radius 1 is 1.31 bits per heavy atom. The van der Waals surface area contributed by atoms with Gasteiger partial charge >= 0.3 is 5.97 Å². The summed E-state index contributed by atoms with van der Waals surface area (Å²) in [6.45, 7) is -0.104. The standard InChI is InChI=1S/C7H14O6/c1-13-3-6(10)4(8)2-5(9)7(11)12/h4-6,8-10H,2-3H2,1H3,(H,11,12)/t4-,5-,6+/m0/s1. The number of hydrogen-bond donors (Lipinski definition) is 4. The minimum Gasteiger partial charge on any atom is -0.479 e. The van der Waals surface area contributed by atoms with Crippen LogP contribution in [0.1, 0.15) is 6.42 Å². The van der Waals surface area contributed by atoms with Crippen molar-refractivity contribution in [2.75, 3.05) is 13.7 Å². The summed E-state index contributed by atoms with van der Waals surface area (Å²) in [7, 11) is 1.34. The van der Waals surface area contributed by atoms with Gasteiger partial charge in [-0.1, -0.05) is 0 Å². The first-order chi connectivity index (χ1) is 5.99. The fraction of sp³-hybridized carbons (Fsp3) is 0.857. The van der Waals surface area contributed by atoms with Crippen LogP contribution >= 0.6 is 0 Å². The molecule has 0 amide bonds. The molecule has 0 aliphatic rings. The first-order valence-corrected chi connectivity index (χ1v) is 3.75. The second kappa shape index (κ2) is 5.87. The highest BCUT2D eigenvalue weighted by Crippen LogP contribution is 2.03. The van der Waals surface area contributed by atoms with Crippen molar-refractivity contribution in [3.8, 4) is 0 Å². The Labute approximate surface area is 75.4 Å². The highest BCUT2D eigenvalue weighted by atomic mass is 16.5. The zero-order valence-electron chi connectivity index (χ0n) is 7.25. The summed E-state index contributed by atoms with van der Waals surface area (Å²) in [6.07, 6.45) is -4.56. The van der Waals surface area contributed by atoms with Crippen LogP contribution in [0.2, 0.25) is 0 Å². The van der Waals surface area contributed by atoms with Crippen LogP contribution in [-0.4, -0.2) is 58.4 Å². The van der Waals surface area contributed by atoms with E-state index in [1.54, 1.807) is 0 Å². The fourth-order valence-corrected chi connectivity index (χ4v) is 0.768. The van der Waals surface area contributed by atoms with E-state index >= 15 is 0 Å². The maximum atomic E-state index is 10.1. The normalized spacial score (nSPS) is 17.8. The number of methoxy groups -OCH3 is 1. The van der Waals surface area contributed by atoms with E-state index in [-0.39, 0.29) is 6.61 Å². The molecule has 0 aromatic rings. The molecular weight excluding hydrogens is 180 g/mol. The fourth-order valence-electron chi connectivity index (χ4n) is 0.768. The molecule has 0 radical (unpaired) electrons. The van der Waals surface area contributed by atoms with Gasteiger partial charge in [-0.15, -0.1) is 0 Å².